The molecule has 0 saturated carbocycles. The number of ether oxygens (including phenoxy) is 1. The summed E-state index contributed by atoms with van der Waals surface area (Å²) >= 11 is 0. The van der Waals surface area contributed by atoms with Crippen LogP contribution in [0.5, 0.6) is 0 Å². The Bertz CT molecular complexity index is 354. The molecule has 0 amide bonds. The first-order chi connectivity index (χ1) is 6.62. The Morgan fingerprint density at radius 2 is 2.36 bits per heavy atom. The summed E-state index contributed by atoms with van der Waals surface area (Å²) in [5.41, 5.74) is -0.333. The van der Waals surface area contributed by atoms with Crippen LogP contribution < -0.4 is 0 Å². The van der Waals surface area contributed by atoms with E-state index in [9.17, 15) is 4.79 Å². The number of carboxylic acids is 1. The van der Waals surface area contributed by atoms with Crippen molar-refractivity contribution in [1.29, 1.82) is 0 Å². The highest BCUT2D eigenvalue weighted by Crippen LogP contribution is 2.31. The Hall–Kier alpha value is -1.43. The van der Waals surface area contributed by atoms with Gasteiger partial charge in [-0.1, -0.05) is 0 Å². The summed E-state index contributed by atoms with van der Waals surface area (Å²) in [6.45, 7) is 3.05. The third-order valence-electron chi connectivity index (χ3n) is 2.34. The molecule has 0 bridgehead atoms. The van der Waals surface area contributed by atoms with E-state index in [1.54, 1.807) is 0 Å². The van der Waals surface area contributed by atoms with Gasteiger partial charge in [0.2, 0.25) is 5.89 Å². The van der Waals surface area contributed by atoms with Crippen molar-refractivity contribution < 1.29 is 19.1 Å². The molecule has 1 aromatic heterocycles. The fraction of sp³-hybridized carbons (Fsp3) is 0.625. The van der Waals surface area contributed by atoms with E-state index in [1.807, 2.05) is 6.92 Å². The molecule has 6 heteroatoms. The van der Waals surface area contributed by atoms with Crippen LogP contribution in [0, 0.1) is 0 Å². The predicted molar refractivity (Wildman–Crippen MR) is 44.0 cm³/mol. The first kappa shape index (κ1) is 9.14. The van der Waals surface area contributed by atoms with Gasteiger partial charge in [-0.25, -0.2) is 4.79 Å². The van der Waals surface area contributed by atoms with Crippen LogP contribution in [0.4, 0.5) is 0 Å². The Labute approximate surface area is 79.9 Å². The molecule has 14 heavy (non-hydrogen) atoms. The molecule has 1 fully saturated rings. The van der Waals surface area contributed by atoms with Gasteiger partial charge in [0.15, 0.2) is 0 Å². The van der Waals surface area contributed by atoms with Crippen molar-refractivity contribution in [2.45, 2.75) is 18.8 Å². The second-order valence-corrected chi connectivity index (χ2v) is 3.58. The molecule has 1 N–H and O–H groups in total. The summed E-state index contributed by atoms with van der Waals surface area (Å²) in [4.78, 5) is 10.5. The van der Waals surface area contributed by atoms with Crippen molar-refractivity contribution in [2.24, 2.45) is 0 Å². The van der Waals surface area contributed by atoms with Gasteiger partial charge < -0.3 is 14.3 Å². The van der Waals surface area contributed by atoms with E-state index in [0.29, 0.717) is 19.1 Å². The van der Waals surface area contributed by atoms with Gasteiger partial charge in [0.25, 0.3) is 0 Å². The molecule has 76 valence electrons. The largest absolute Gasteiger partial charge is 0.474 e. The van der Waals surface area contributed by atoms with E-state index < -0.39 is 5.97 Å². The van der Waals surface area contributed by atoms with E-state index in [1.165, 1.54) is 0 Å². The van der Waals surface area contributed by atoms with Crippen molar-refractivity contribution in [1.82, 2.24) is 10.2 Å². The second kappa shape index (κ2) is 3.06. The Morgan fingerprint density at radius 1 is 1.57 bits per heavy atom. The molecular weight excluding hydrogens is 188 g/mol. The molecule has 0 aromatic carbocycles. The van der Waals surface area contributed by atoms with Crippen molar-refractivity contribution in [3.8, 4) is 0 Å². The van der Waals surface area contributed by atoms with Crippen molar-refractivity contribution in [2.75, 3.05) is 13.2 Å². The molecule has 0 aliphatic carbocycles. The Kier molecular flexibility index (Phi) is 1.99. The number of carboxylic acid groups (broad SMARTS) is 1. The number of nitrogens with zero attached hydrogens (tertiary/aromatic N) is 2. The zero-order chi connectivity index (χ0) is 10.2. The van der Waals surface area contributed by atoms with Crippen LogP contribution in [0.2, 0.25) is 0 Å². The Morgan fingerprint density at radius 3 is 2.86 bits per heavy atom. The number of aromatic nitrogens is 2. The highest BCUT2D eigenvalue weighted by Gasteiger charge is 2.37. The van der Waals surface area contributed by atoms with E-state index in [2.05, 4.69) is 10.2 Å². The number of hydrogen-bond donors (Lipinski definition) is 1. The van der Waals surface area contributed by atoms with E-state index in [4.69, 9.17) is 14.3 Å². The lowest BCUT2D eigenvalue weighted by molar-refractivity contribution is 0.0648. The van der Waals surface area contributed by atoms with Crippen LogP contribution in [0.3, 0.4) is 0 Å². The van der Waals surface area contributed by atoms with Gasteiger partial charge in [-0.05, 0) is 13.3 Å². The molecule has 2 rings (SSSR count). The maximum absolute atomic E-state index is 10.5. The van der Waals surface area contributed by atoms with Crippen LogP contribution >= 0.6 is 0 Å². The van der Waals surface area contributed by atoms with Gasteiger partial charge >= 0.3 is 11.9 Å². The van der Waals surface area contributed by atoms with Crippen LogP contribution in [0.1, 0.15) is 29.9 Å². The van der Waals surface area contributed by atoms with Crippen LogP contribution in [-0.2, 0) is 10.2 Å². The summed E-state index contributed by atoms with van der Waals surface area (Å²) in [6.07, 6.45) is 0.772. The normalized spacial score (nSPS) is 26.6. The standard InChI is InChI=1S/C8H10N2O4/c1-8(2-3-13-4-8)7-10-9-5(14-7)6(11)12/h2-4H2,1H3,(H,11,12). The molecule has 1 saturated heterocycles. The minimum Gasteiger partial charge on any atom is -0.474 e. The molecule has 2 heterocycles. The molecule has 1 atom stereocenters. The predicted octanol–water partition coefficient (Wildman–Crippen LogP) is 0.446. The highest BCUT2D eigenvalue weighted by molar-refractivity contribution is 5.81. The van der Waals surface area contributed by atoms with Gasteiger partial charge in [0.05, 0.1) is 12.0 Å². The molecule has 0 spiro atoms. The van der Waals surface area contributed by atoms with Crippen LogP contribution in [0.15, 0.2) is 4.42 Å². The highest BCUT2D eigenvalue weighted by atomic mass is 16.5. The van der Waals surface area contributed by atoms with Gasteiger partial charge in [-0.2, -0.15) is 0 Å². The average molecular weight is 198 g/mol. The average Bonchev–Trinajstić information content (AvgIpc) is 2.71. The first-order valence-corrected chi connectivity index (χ1v) is 4.27. The van der Waals surface area contributed by atoms with Gasteiger partial charge in [-0.3, -0.25) is 0 Å². The molecule has 0 radical (unpaired) electrons. The molecule has 1 aliphatic heterocycles. The molecule has 1 aliphatic rings. The Balaban J connectivity index is 2.28. The lowest BCUT2D eigenvalue weighted by Crippen LogP contribution is -2.22. The number of rotatable bonds is 2. The number of carbonyl (C=O) groups is 1. The van der Waals surface area contributed by atoms with E-state index in [-0.39, 0.29) is 11.3 Å². The zero-order valence-corrected chi connectivity index (χ0v) is 7.69. The summed E-state index contributed by atoms with van der Waals surface area (Å²) < 4.78 is 10.2. The SMILES string of the molecule is CC1(c2nnc(C(=O)O)o2)CCOC1. The van der Waals surface area contributed by atoms with Crippen LogP contribution in [0.25, 0.3) is 0 Å². The quantitative estimate of drug-likeness (QED) is 0.742. The van der Waals surface area contributed by atoms with Crippen molar-refractivity contribution in [3.63, 3.8) is 0 Å². The third-order valence-corrected chi connectivity index (χ3v) is 2.34. The van der Waals surface area contributed by atoms with Gasteiger partial charge in [-0.15, -0.1) is 10.2 Å². The summed E-state index contributed by atoms with van der Waals surface area (Å²) in [5, 5.41) is 15.7. The minimum atomic E-state index is -1.20. The summed E-state index contributed by atoms with van der Waals surface area (Å²) in [5.74, 6) is -1.23. The fourth-order valence-corrected chi connectivity index (χ4v) is 1.39. The minimum absolute atomic E-state index is 0.333. The number of hydrogen-bond acceptors (Lipinski definition) is 5. The number of aromatic carboxylic acids is 1. The van der Waals surface area contributed by atoms with Crippen LogP contribution in [-0.4, -0.2) is 34.5 Å². The first-order valence-electron chi connectivity index (χ1n) is 4.27. The topological polar surface area (TPSA) is 85.5 Å². The fourth-order valence-electron chi connectivity index (χ4n) is 1.39. The molecule has 6 nitrogen and oxygen atoms in total. The lowest BCUT2D eigenvalue weighted by Gasteiger charge is -2.14. The molecule has 1 unspecified atom stereocenters. The lowest BCUT2D eigenvalue weighted by atomic mass is 9.90. The zero-order valence-electron chi connectivity index (χ0n) is 7.69. The van der Waals surface area contributed by atoms with E-state index in [0.717, 1.165) is 6.42 Å². The maximum atomic E-state index is 10.5. The summed E-state index contributed by atoms with van der Waals surface area (Å²) in [7, 11) is 0. The third kappa shape index (κ3) is 1.37. The molecular formula is C8H10N2O4. The maximum Gasteiger partial charge on any atom is 0.393 e. The van der Waals surface area contributed by atoms with Crippen molar-refractivity contribution >= 4 is 5.97 Å². The smallest absolute Gasteiger partial charge is 0.393 e. The van der Waals surface area contributed by atoms with Gasteiger partial charge in [0.1, 0.15) is 0 Å². The van der Waals surface area contributed by atoms with Crippen molar-refractivity contribution in [3.05, 3.63) is 11.8 Å². The molecule has 1 aromatic rings. The van der Waals surface area contributed by atoms with Gasteiger partial charge in [0, 0.05) is 6.61 Å². The summed E-state index contributed by atoms with van der Waals surface area (Å²) in [6, 6.07) is 0. The monoisotopic (exact) mass is 198 g/mol. The van der Waals surface area contributed by atoms with E-state index >= 15 is 0 Å². The second-order valence-electron chi connectivity index (χ2n) is 3.58.